The molecule has 0 spiro atoms. The Hall–Kier alpha value is -2.84. The van der Waals surface area contributed by atoms with Crippen molar-refractivity contribution in [3.05, 3.63) is 71.0 Å². The Kier molecular flexibility index (Phi) is 6.14. The lowest BCUT2D eigenvalue weighted by Gasteiger charge is -2.09. The van der Waals surface area contributed by atoms with Crippen molar-refractivity contribution in [3.63, 3.8) is 0 Å². The monoisotopic (exact) mass is 464 g/mol. The lowest BCUT2D eigenvalue weighted by molar-refractivity contribution is 0.355. The largest absolute Gasteiger partial charge is 0.493 e. The number of nitrogens with zero attached hydrogens (tertiary/aromatic N) is 4. The van der Waals surface area contributed by atoms with Gasteiger partial charge >= 0.3 is 0 Å². The van der Waals surface area contributed by atoms with Crippen LogP contribution in [0.15, 0.2) is 59.1 Å². The third-order valence-corrected chi connectivity index (χ3v) is 7.34. The zero-order valence-electron chi connectivity index (χ0n) is 18.0. The number of methoxy groups -OCH3 is 2. The van der Waals surface area contributed by atoms with Crippen LogP contribution in [0.1, 0.15) is 35.8 Å². The molecule has 2 aromatic heterocycles. The Morgan fingerprint density at radius 3 is 2.59 bits per heavy atom. The maximum Gasteiger partial charge on any atom is 0.191 e. The van der Waals surface area contributed by atoms with Crippen LogP contribution < -0.4 is 9.47 Å². The molecule has 1 aliphatic carbocycles. The van der Waals surface area contributed by atoms with Crippen LogP contribution in [-0.2, 0) is 12.3 Å². The average Bonchev–Trinajstić information content (AvgIpc) is 3.43. The van der Waals surface area contributed by atoms with Gasteiger partial charge in [0, 0.05) is 22.6 Å². The first kappa shape index (κ1) is 21.0. The summed E-state index contributed by atoms with van der Waals surface area (Å²) in [5.74, 6) is 3.84. The maximum atomic E-state index is 5.43. The molecule has 0 unspecified atom stereocenters. The van der Waals surface area contributed by atoms with Gasteiger partial charge in [-0.25, -0.2) is 4.98 Å². The van der Waals surface area contributed by atoms with Gasteiger partial charge in [-0.2, -0.15) is 0 Å². The first-order valence-corrected chi connectivity index (χ1v) is 12.4. The minimum absolute atomic E-state index is 0.552. The fourth-order valence-corrected chi connectivity index (χ4v) is 5.34. The van der Waals surface area contributed by atoms with Gasteiger partial charge < -0.3 is 14.0 Å². The molecule has 1 aliphatic rings. The zero-order valence-corrected chi connectivity index (χ0v) is 19.7. The van der Waals surface area contributed by atoms with E-state index in [1.54, 1.807) is 37.3 Å². The molecule has 0 saturated heterocycles. The van der Waals surface area contributed by atoms with Crippen LogP contribution >= 0.6 is 23.1 Å². The van der Waals surface area contributed by atoms with Crippen molar-refractivity contribution in [2.75, 3.05) is 14.2 Å². The van der Waals surface area contributed by atoms with Gasteiger partial charge in [-0.15, -0.1) is 21.5 Å². The molecule has 0 amide bonds. The molecule has 0 radical (unpaired) electrons. The second-order valence-corrected chi connectivity index (χ2v) is 9.49. The minimum Gasteiger partial charge on any atom is -0.493 e. The number of ether oxygens (including phenoxy) is 2. The molecule has 6 nitrogen and oxygen atoms in total. The van der Waals surface area contributed by atoms with E-state index in [-0.39, 0.29) is 0 Å². The molecule has 1 fully saturated rings. The van der Waals surface area contributed by atoms with Crippen LogP contribution in [0.2, 0.25) is 0 Å². The molecule has 5 rings (SSSR count). The van der Waals surface area contributed by atoms with Crippen LogP contribution in [0.25, 0.3) is 10.6 Å². The third kappa shape index (κ3) is 4.52. The van der Waals surface area contributed by atoms with E-state index in [0.29, 0.717) is 17.4 Å². The molecule has 1 saturated carbocycles. The Bertz CT molecular complexity index is 1200. The van der Waals surface area contributed by atoms with Crippen molar-refractivity contribution in [2.45, 2.75) is 36.2 Å². The van der Waals surface area contributed by atoms with Crippen molar-refractivity contribution in [3.8, 4) is 22.1 Å². The number of rotatable bonds is 9. The van der Waals surface area contributed by atoms with Crippen molar-refractivity contribution in [1.29, 1.82) is 0 Å². The SMILES string of the molecule is COc1ccc(-c2nc(CSc3nnc(C4CC4)n3Cc3ccccc3)cs2)cc1OC. The van der Waals surface area contributed by atoms with E-state index >= 15 is 0 Å². The van der Waals surface area contributed by atoms with Crippen molar-refractivity contribution in [1.82, 2.24) is 19.7 Å². The Balaban J connectivity index is 1.32. The molecule has 32 heavy (non-hydrogen) atoms. The van der Waals surface area contributed by atoms with Crippen LogP contribution in [-0.4, -0.2) is 34.0 Å². The Morgan fingerprint density at radius 1 is 1.03 bits per heavy atom. The van der Waals surface area contributed by atoms with Crippen LogP contribution in [0.3, 0.4) is 0 Å². The summed E-state index contributed by atoms with van der Waals surface area (Å²) in [6.45, 7) is 0.802. The summed E-state index contributed by atoms with van der Waals surface area (Å²) in [5.41, 5.74) is 3.32. The van der Waals surface area contributed by atoms with Gasteiger partial charge in [0.25, 0.3) is 0 Å². The highest BCUT2D eigenvalue weighted by atomic mass is 32.2. The summed E-state index contributed by atoms with van der Waals surface area (Å²) in [7, 11) is 3.29. The average molecular weight is 465 g/mol. The molecule has 164 valence electrons. The number of hydrogen-bond acceptors (Lipinski definition) is 7. The fraction of sp³-hybridized carbons (Fsp3) is 0.292. The molecule has 0 aliphatic heterocycles. The van der Waals surface area contributed by atoms with Crippen molar-refractivity contribution < 1.29 is 9.47 Å². The Morgan fingerprint density at radius 2 is 1.84 bits per heavy atom. The van der Waals surface area contributed by atoms with Crippen LogP contribution in [0.5, 0.6) is 11.5 Å². The quantitative estimate of drug-likeness (QED) is 0.299. The summed E-state index contributed by atoms with van der Waals surface area (Å²) in [6.07, 6.45) is 2.41. The summed E-state index contributed by atoms with van der Waals surface area (Å²) in [5, 5.41) is 13.1. The van der Waals surface area contributed by atoms with E-state index < -0.39 is 0 Å². The van der Waals surface area contributed by atoms with E-state index in [1.807, 2.05) is 24.3 Å². The van der Waals surface area contributed by atoms with Gasteiger partial charge in [-0.1, -0.05) is 42.1 Å². The molecule has 0 atom stereocenters. The normalized spacial score (nSPS) is 13.3. The topological polar surface area (TPSA) is 62.1 Å². The van der Waals surface area contributed by atoms with Crippen LogP contribution in [0.4, 0.5) is 0 Å². The molecule has 4 aromatic rings. The summed E-state index contributed by atoms with van der Waals surface area (Å²) < 4.78 is 13.0. The number of benzene rings is 2. The number of thiazole rings is 1. The molecule has 0 bridgehead atoms. The first-order valence-electron chi connectivity index (χ1n) is 10.5. The zero-order chi connectivity index (χ0) is 21.9. The van der Waals surface area contributed by atoms with Gasteiger partial charge in [0.1, 0.15) is 10.8 Å². The molecule has 2 heterocycles. The smallest absolute Gasteiger partial charge is 0.191 e. The van der Waals surface area contributed by atoms with E-state index in [2.05, 4.69) is 44.4 Å². The number of thioether (sulfide) groups is 1. The summed E-state index contributed by atoms with van der Waals surface area (Å²) in [6, 6.07) is 16.4. The summed E-state index contributed by atoms with van der Waals surface area (Å²) >= 11 is 3.33. The van der Waals surface area contributed by atoms with Gasteiger partial charge in [0.15, 0.2) is 16.7 Å². The molecular weight excluding hydrogens is 440 g/mol. The molecular formula is C24H24N4O2S2. The standard InChI is InChI=1S/C24H24N4O2S2/c1-29-20-11-10-18(12-21(20)30-2)23-25-19(14-31-23)15-32-24-27-26-22(17-8-9-17)28(24)13-16-6-4-3-5-7-16/h3-7,10-12,14,17H,8-9,13,15H2,1-2H3. The summed E-state index contributed by atoms with van der Waals surface area (Å²) in [4.78, 5) is 4.84. The first-order chi connectivity index (χ1) is 15.7. The highest BCUT2D eigenvalue weighted by Crippen LogP contribution is 2.40. The third-order valence-electron chi connectivity index (χ3n) is 5.40. The van der Waals surface area contributed by atoms with Crippen molar-refractivity contribution in [2.24, 2.45) is 0 Å². The predicted molar refractivity (Wildman–Crippen MR) is 128 cm³/mol. The van der Waals surface area contributed by atoms with E-state index in [4.69, 9.17) is 14.5 Å². The lowest BCUT2D eigenvalue weighted by Crippen LogP contribution is -2.06. The molecule has 0 N–H and O–H groups in total. The van der Waals surface area contributed by atoms with Crippen LogP contribution in [0, 0.1) is 0 Å². The highest BCUT2D eigenvalue weighted by Gasteiger charge is 2.30. The minimum atomic E-state index is 0.552. The van der Waals surface area contributed by atoms with E-state index in [9.17, 15) is 0 Å². The molecule has 2 aromatic carbocycles. The second-order valence-electron chi connectivity index (χ2n) is 7.69. The van der Waals surface area contributed by atoms with Gasteiger partial charge in [0.05, 0.1) is 26.5 Å². The van der Waals surface area contributed by atoms with E-state index in [1.165, 1.54) is 18.4 Å². The van der Waals surface area contributed by atoms with Gasteiger partial charge in [-0.05, 0) is 36.6 Å². The highest BCUT2D eigenvalue weighted by molar-refractivity contribution is 7.98. The van der Waals surface area contributed by atoms with Gasteiger partial charge in [-0.3, -0.25) is 0 Å². The van der Waals surface area contributed by atoms with Gasteiger partial charge in [0.2, 0.25) is 0 Å². The fourth-order valence-electron chi connectivity index (χ4n) is 3.58. The second kappa shape index (κ2) is 9.34. The Labute approximate surface area is 195 Å². The van der Waals surface area contributed by atoms with E-state index in [0.717, 1.165) is 39.5 Å². The molecule has 8 heteroatoms. The predicted octanol–water partition coefficient (Wildman–Crippen LogP) is 5.64. The van der Waals surface area contributed by atoms with Crippen molar-refractivity contribution >= 4 is 23.1 Å². The lowest BCUT2D eigenvalue weighted by atomic mass is 10.2. The maximum absolute atomic E-state index is 5.43. The number of hydrogen-bond donors (Lipinski definition) is 0. The number of aromatic nitrogens is 4.